The molecule has 6 rings (SSSR count). The van der Waals surface area contributed by atoms with Gasteiger partial charge < -0.3 is 9.97 Å². The summed E-state index contributed by atoms with van der Waals surface area (Å²) in [6.07, 6.45) is 5.06. The molecule has 0 aliphatic heterocycles. The predicted molar refractivity (Wildman–Crippen MR) is 135 cm³/mol. The van der Waals surface area contributed by atoms with Crippen LogP contribution in [0.1, 0.15) is 31.7 Å². The number of aromatic nitrogens is 2. The minimum Gasteiger partial charge on any atom is -0.355 e. The Kier molecular flexibility index (Phi) is 5.45. The second-order valence-corrected chi connectivity index (χ2v) is 8.18. The third-order valence-corrected chi connectivity index (χ3v) is 6.09. The fraction of sp³-hybridized carbons (Fsp3) is 0.172. The van der Waals surface area contributed by atoms with E-state index in [2.05, 4.69) is 108 Å². The average molecular weight is 405 g/mol. The van der Waals surface area contributed by atoms with Gasteiger partial charge in [0.1, 0.15) is 0 Å². The van der Waals surface area contributed by atoms with Gasteiger partial charge >= 0.3 is 0 Å². The standard InChI is InChI=1S/C17H19N.C12H9N/c1-2-3-4-8-13-9-7-11-15-14-10-5-6-12-16(14)18-17(13)15;1-3-7-11-9(5-1)10-6-2-4-8-12(10)13-11/h5-7,9-12,18H,2-4,8H2,1H3;1-8,13H. The molecule has 2 nitrogen and oxygen atoms in total. The molecule has 0 saturated heterocycles. The topological polar surface area (TPSA) is 31.6 Å². The normalized spacial score (nSPS) is 11.3. The third-order valence-electron chi connectivity index (χ3n) is 6.09. The second kappa shape index (κ2) is 8.69. The van der Waals surface area contributed by atoms with Crippen molar-refractivity contribution in [2.24, 2.45) is 0 Å². The number of para-hydroxylation sites is 4. The Balaban J connectivity index is 0.000000138. The third kappa shape index (κ3) is 3.82. The molecule has 2 heterocycles. The smallest absolute Gasteiger partial charge is 0.0497 e. The Morgan fingerprint density at radius 1 is 0.516 bits per heavy atom. The summed E-state index contributed by atoms with van der Waals surface area (Å²) in [7, 11) is 0. The number of hydrogen-bond acceptors (Lipinski definition) is 0. The van der Waals surface area contributed by atoms with E-state index in [9.17, 15) is 0 Å². The maximum absolute atomic E-state index is 3.57. The lowest BCUT2D eigenvalue weighted by atomic mass is 10.0. The van der Waals surface area contributed by atoms with E-state index in [-0.39, 0.29) is 0 Å². The maximum atomic E-state index is 3.57. The summed E-state index contributed by atoms with van der Waals surface area (Å²) >= 11 is 0. The van der Waals surface area contributed by atoms with E-state index in [4.69, 9.17) is 0 Å². The fourth-order valence-electron chi connectivity index (χ4n) is 4.51. The summed E-state index contributed by atoms with van der Waals surface area (Å²) in [5.41, 5.74) is 6.45. The van der Waals surface area contributed by atoms with Gasteiger partial charge in [-0.1, -0.05) is 92.6 Å². The number of unbranched alkanes of at least 4 members (excludes halogenated alkanes) is 2. The Morgan fingerprint density at radius 2 is 1.03 bits per heavy atom. The van der Waals surface area contributed by atoms with Crippen molar-refractivity contribution in [1.29, 1.82) is 0 Å². The number of aryl methyl sites for hydroxylation is 1. The van der Waals surface area contributed by atoms with E-state index in [1.807, 2.05) is 0 Å². The lowest BCUT2D eigenvalue weighted by Crippen LogP contribution is -1.87. The Hall–Kier alpha value is -3.52. The van der Waals surface area contributed by atoms with Crippen molar-refractivity contribution < 1.29 is 0 Å². The molecule has 0 aliphatic carbocycles. The van der Waals surface area contributed by atoms with E-state index >= 15 is 0 Å². The zero-order chi connectivity index (χ0) is 21.0. The van der Waals surface area contributed by atoms with Gasteiger partial charge in [-0.25, -0.2) is 0 Å². The zero-order valence-corrected chi connectivity index (χ0v) is 18.0. The van der Waals surface area contributed by atoms with Crippen LogP contribution in [0.25, 0.3) is 43.6 Å². The first kappa shape index (κ1) is 19.4. The molecule has 0 amide bonds. The van der Waals surface area contributed by atoms with Crippen LogP contribution in [0.3, 0.4) is 0 Å². The van der Waals surface area contributed by atoms with Crippen LogP contribution in [0.5, 0.6) is 0 Å². The molecule has 0 spiro atoms. The molecule has 0 unspecified atom stereocenters. The molecule has 6 aromatic rings. The van der Waals surface area contributed by atoms with Crippen LogP contribution < -0.4 is 0 Å². The van der Waals surface area contributed by atoms with E-state index in [0.717, 1.165) is 0 Å². The monoisotopic (exact) mass is 404 g/mol. The van der Waals surface area contributed by atoms with Gasteiger partial charge in [0, 0.05) is 43.6 Å². The summed E-state index contributed by atoms with van der Waals surface area (Å²) in [6.45, 7) is 2.25. The first-order valence-corrected chi connectivity index (χ1v) is 11.3. The van der Waals surface area contributed by atoms with Crippen molar-refractivity contribution in [1.82, 2.24) is 9.97 Å². The molecule has 154 valence electrons. The molecule has 2 aromatic heterocycles. The van der Waals surface area contributed by atoms with Crippen LogP contribution in [0.15, 0.2) is 91.0 Å². The molecule has 0 aliphatic rings. The van der Waals surface area contributed by atoms with Crippen molar-refractivity contribution in [2.75, 3.05) is 0 Å². The molecule has 0 saturated carbocycles. The quantitative estimate of drug-likeness (QED) is 0.277. The molecule has 31 heavy (non-hydrogen) atoms. The Morgan fingerprint density at radius 3 is 1.65 bits per heavy atom. The first-order valence-electron chi connectivity index (χ1n) is 11.3. The van der Waals surface area contributed by atoms with Crippen LogP contribution in [0.4, 0.5) is 0 Å². The van der Waals surface area contributed by atoms with Crippen LogP contribution in [-0.2, 0) is 6.42 Å². The molecule has 2 N–H and O–H groups in total. The summed E-state index contributed by atoms with van der Waals surface area (Å²) in [4.78, 5) is 6.95. The highest BCUT2D eigenvalue weighted by atomic mass is 14.7. The minimum absolute atomic E-state index is 1.18. The molecule has 0 radical (unpaired) electrons. The molecule has 2 heteroatoms. The van der Waals surface area contributed by atoms with Gasteiger partial charge in [-0.15, -0.1) is 0 Å². The number of aromatic amines is 2. The van der Waals surface area contributed by atoms with Crippen molar-refractivity contribution >= 4 is 43.6 Å². The number of fused-ring (bicyclic) bond motifs is 6. The lowest BCUT2D eigenvalue weighted by molar-refractivity contribution is 0.719. The highest BCUT2D eigenvalue weighted by molar-refractivity contribution is 6.08. The average Bonchev–Trinajstić information content (AvgIpc) is 3.39. The summed E-state index contributed by atoms with van der Waals surface area (Å²) < 4.78 is 0. The van der Waals surface area contributed by atoms with Crippen molar-refractivity contribution in [2.45, 2.75) is 32.6 Å². The molecule has 4 aromatic carbocycles. The summed E-state index contributed by atoms with van der Waals surface area (Å²) in [5, 5.41) is 5.31. The summed E-state index contributed by atoms with van der Waals surface area (Å²) in [6, 6.07) is 32.0. The van der Waals surface area contributed by atoms with Gasteiger partial charge in [-0.05, 0) is 36.6 Å². The van der Waals surface area contributed by atoms with Crippen LogP contribution in [-0.4, -0.2) is 9.97 Å². The maximum Gasteiger partial charge on any atom is 0.0497 e. The minimum atomic E-state index is 1.18. The van der Waals surface area contributed by atoms with Gasteiger partial charge in [0.15, 0.2) is 0 Å². The van der Waals surface area contributed by atoms with Crippen molar-refractivity contribution in [3.05, 3.63) is 96.6 Å². The number of benzene rings is 4. The van der Waals surface area contributed by atoms with E-state index < -0.39 is 0 Å². The van der Waals surface area contributed by atoms with Gasteiger partial charge in [-0.3, -0.25) is 0 Å². The van der Waals surface area contributed by atoms with E-state index in [1.165, 1.54) is 74.9 Å². The fourth-order valence-corrected chi connectivity index (χ4v) is 4.51. The van der Waals surface area contributed by atoms with Gasteiger partial charge in [0.25, 0.3) is 0 Å². The number of rotatable bonds is 4. The Labute approximate surface area is 182 Å². The lowest BCUT2D eigenvalue weighted by Gasteiger charge is -2.02. The summed E-state index contributed by atoms with van der Waals surface area (Å²) in [5.74, 6) is 0. The van der Waals surface area contributed by atoms with Crippen LogP contribution in [0, 0.1) is 0 Å². The second-order valence-electron chi connectivity index (χ2n) is 8.18. The number of hydrogen-bond donors (Lipinski definition) is 2. The largest absolute Gasteiger partial charge is 0.355 e. The van der Waals surface area contributed by atoms with Gasteiger partial charge in [0.2, 0.25) is 0 Å². The van der Waals surface area contributed by atoms with Crippen molar-refractivity contribution in [3.63, 3.8) is 0 Å². The zero-order valence-electron chi connectivity index (χ0n) is 18.0. The van der Waals surface area contributed by atoms with Gasteiger partial charge in [0.05, 0.1) is 0 Å². The highest BCUT2D eigenvalue weighted by Crippen LogP contribution is 2.28. The molecule has 0 bridgehead atoms. The van der Waals surface area contributed by atoms with E-state index in [1.54, 1.807) is 0 Å². The van der Waals surface area contributed by atoms with Crippen LogP contribution in [0.2, 0.25) is 0 Å². The van der Waals surface area contributed by atoms with Crippen molar-refractivity contribution in [3.8, 4) is 0 Å². The van der Waals surface area contributed by atoms with E-state index in [0.29, 0.717) is 0 Å². The molecule has 0 atom stereocenters. The SMILES string of the molecule is CCCCCc1cccc2c1[nH]c1ccccc12.c1ccc2c(c1)[nH]c1ccccc12. The highest BCUT2D eigenvalue weighted by Gasteiger charge is 2.06. The molecular weight excluding hydrogens is 376 g/mol. The molecular formula is C29H28N2. The van der Waals surface area contributed by atoms with Gasteiger partial charge in [-0.2, -0.15) is 0 Å². The van der Waals surface area contributed by atoms with Crippen LogP contribution >= 0.6 is 0 Å². The molecule has 0 fully saturated rings. The number of nitrogens with one attached hydrogen (secondary N) is 2. The number of H-pyrrole nitrogens is 2. The first-order chi connectivity index (χ1) is 15.3. The Bertz CT molecular complexity index is 1400. The predicted octanol–water partition coefficient (Wildman–Crippen LogP) is 8.37.